The molecule has 0 atom stereocenters. The van der Waals surface area contributed by atoms with Crippen molar-refractivity contribution in [1.29, 1.82) is 0 Å². The van der Waals surface area contributed by atoms with E-state index in [0.717, 1.165) is 11.0 Å². The lowest BCUT2D eigenvalue weighted by Crippen LogP contribution is -2.52. The second-order valence-corrected chi connectivity index (χ2v) is 7.22. The first-order valence-electron chi connectivity index (χ1n) is 7.84. The summed E-state index contributed by atoms with van der Waals surface area (Å²) in [5, 5.41) is 3.85. The molecule has 0 aromatic carbocycles. The van der Waals surface area contributed by atoms with Gasteiger partial charge in [-0.05, 0) is 60.4 Å². The number of halogens is 1. The molecule has 1 saturated carbocycles. The molecule has 1 saturated heterocycles. The summed E-state index contributed by atoms with van der Waals surface area (Å²) < 4.78 is 1.06. The average Bonchev–Trinajstić information content (AvgIpc) is 2.65. The van der Waals surface area contributed by atoms with Gasteiger partial charge in [-0.3, -0.25) is 9.88 Å². The van der Waals surface area contributed by atoms with Gasteiger partial charge in [0, 0.05) is 29.3 Å². The molecule has 1 spiro atoms. The van der Waals surface area contributed by atoms with Crippen molar-refractivity contribution in [2.75, 3.05) is 19.6 Å². The van der Waals surface area contributed by atoms with Crippen LogP contribution in [0.1, 0.15) is 44.2 Å². The number of aromatic nitrogens is 1. The normalized spacial score (nSPS) is 23.6. The van der Waals surface area contributed by atoms with E-state index in [1.807, 2.05) is 6.20 Å². The zero-order chi connectivity index (χ0) is 13.8. The predicted octanol–water partition coefficient (Wildman–Crippen LogP) is 3.34. The molecule has 4 heteroatoms. The minimum Gasteiger partial charge on any atom is -0.310 e. The maximum absolute atomic E-state index is 4.53. The Morgan fingerprint density at radius 3 is 2.80 bits per heavy atom. The molecule has 110 valence electrons. The van der Waals surface area contributed by atoms with E-state index in [2.05, 4.69) is 43.3 Å². The highest BCUT2D eigenvalue weighted by atomic mass is 79.9. The van der Waals surface area contributed by atoms with E-state index in [-0.39, 0.29) is 0 Å². The molecule has 0 unspecified atom stereocenters. The highest BCUT2D eigenvalue weighted by Gasteiger charge is 2.34. The second kappa shape index (κ2) is 6.54. The van der Waals surface area contributed by atoms with E-state index in [1.54, 1.807) is 0 Å². The Hall–Kier alpha value is -0.450. The highest BCUT2D eigenvalue weighted by molar-refractivity contribution is 9.10. The first kappa shape index (κ1) is 14.5. The van der Waals surface area contributed by atoms with Gasteiger partial charge in [0.1, 0.15) is 0 Å². The van der Waals surface area contributed by atoms with Crippen LogP contribution >= 0.6 is 15.9 Å². The minimum atomic E-state index is 0.379. The van der Waals surface area contributed by atoms with Crippen molar-refractivity contribution in [3.63, 3.8) is 0 Å². The first-order chi connectivity index (χ1) is 9.76. The third-order valence-electron chi connectivity index (χ3n) is 4.66. The van der Waals surface area contributed by atoms with E-state index in [9.17, 15) is 0 Å². The largest absolute Gasteiger partial charge is 0.310 e. The molecule has 1 aromatic heterocycles. The van der Waals surface area contributed by atoms with Gasteiger partial charge in [-0.25, -0.2) is 0 Å². The van der Waals surface area contributed by atoms with Crippen molar-refractivity contribution < 1.29 is 0 Å². The zero-order valence-electron chi connectivity index (χ0n) is 12.1. The van der Waals surface area contributed by atoms with Crippen molar-refractivity contribution in [2.24, 2.45) is 0 Å². The Bertz CT molecular complexity index is 426. The van der Waals surface area contributed by atoms with Crippen molar-refractivity contribution in [3.8, 4) is 0 Å². The van der Waals surface area contributed by atoms with Crippen LogP contribution < -0.4 is 5.32 Å². The number of hydrogen-bond donors (Lipinski definition) is 1. The fourth-order valence-electron chi connectivity index (χ4n) is 3.65. The fraction of sp³-hybridized carbons (Fsp3) is 0.688. The maximum atomic E-state index is 4.53. The van der Waals surface area contributed by atoms with Gasteiger partial charge in [-0.2, -0.15) is 0 Å². The van der Waals surface area contributed by atoms with Gasteiger partial charge in [0.05, 0.1) is 5.69 Å². The van der Waals surface area contributed by atoms with Crippen molar-refractivity contribution >= 4 is 15.9 Å². The summed E-state index contributed by atoms with van der Waals surface area (Å²) in [5.74, 6) is 0. The summed E-state index contributed by atoms with van der Waals surface area (Å²) in [6.07, 6.45) is 10.0. The topological polar surface area (TPSA) is 28.2 Å². The highest BCUT2D eigenvalue weighted by Crippen LogP contribution is 2.30. The molecule has 1 aliphatic carbocycles. The van der Waals surface area contributed by atoms with E-state index < -0.39 is 0 Å². The summed E-state index contributed by atoms with van der Waals surface area (Å²) in [7, 11) is 0. The first-order valence-corrected chi connectivity index (χ1v) is 8.63. The van der Waals surface area contributed by atoms with Crippen LogP contribution in [0.3, 0.4) is 0 Å². The van der Waals surface area contributed by atoms with Crippen LogP contribution in [0.15, 0.2) is 22.8 Å². The third kappa shape index (κ3) is 3.60. The lowest BCUT2D eigenvalue weighted by Gasteiger charge is -2.40. The van der Waals surface area contributed by atoms with Gasteiger partial charge in [0.15, 0.2) is 0 Å². The van der Waals surface area contributed by atoms with Crippen LogP contribution in [0.2, 0.25) is 0 Å². The molecule has 3 nitrogen and oxygen atoms in total. The number of nitrogens with zero attached hydrogens (tertiary/aromatic N) is 2. The standard InChI is InChI=1S/C16H24BrN3/c17-14-5-6-15(18-11-14)12-20-10-4-9-19-16(13-20)7-2-1-3-8-16/h5-6,11,19H,1-4,7-10,12-13H2. The SMILES string of the molecule is Brc1ccc(CN2CCCNC3(CCCCC3)C2)nc1. The molecule has 1 aliphatic heterocycles. The molecule has 2 fully saturated rings. The zero-order valence-corrected chi connectivity index (χ0v) is 13.7. The Morgan fingerprint density at radius 1 is 1.20 bits per heavy atom. The van der Waals surface area contributed by atoms with Gasteiger partial charge >= 0.3 is 0 Å². The Kier molecular flexibility index (Phi) is 4.74. The molecule has 2 heterocycles. The smallest absolute Gasteiger partial charge is 0.0544 e. The average molecular weight is 338 g/mol. The van der Waals surface area contributed by atoms with Gasteiger partial charge in [-0.1, -0.05) is 19.3 Å². The molecule has 1 N–H and O–H groups in total. The summed E-state index contributed by atoms with van der Waals surface area (Å²) >= 11 is 3.45. The summed E-state index contributed by atoms with van der Waals surface area (Å²) in [5.41, 5.74) is 1.56. The molecule has 0 bridgehead atoms. The Balaban J connectivity index is 1.67. The molecule has 0 amide bonds. The molecule has 0 radical (unpaired) electrons. The summed E-state index contributed by atoms with van der Waals surface area (Å²) in [6.45, 7) is 4.53. The number of nitrogens with one attached hydrogen (secondary N) is 1. The van der Waals surface area contributed by atoms with E-state index in [4.69, 9.17) is 0 Å². The van der Waals surface area contributed by atoms with Crippen LogP contribution in [-0.2, 0) is 6.54 Å². The number of rotatable bonds is 2. The lowest BCUT2D eigenvalue weighted by molar-refractivity contribution is 0.158. The van der Waals surface area contributed by atoms with Crippen molar-refractivity contribution in [2.45, 2.75) is 50.6 Å². The maximum Gasteiger partial charge on any atom is 0.0544 e. The number of hydrogen-bond acceptors (Lipinski definition) is 3. The van der Waals surface area contributed by atoms with E-state index in [0.29, 0.717) is 5.54 Å². The quantitative estimate of drug-likeness (QED) is 0.896. The minimum absolute atomic E-state index is 0.379. The third-order valence-corrected chi connectivity index (χ3v) is 5.13. The van der Waals surface area contributed by atoms with Gasteiger partial charge < -0.3 is 5.32 Å². The van der Waals surface area contributed by atoms with E-state index >= 15 is 0 Å². The van der Waals surface area contributed by atoms with Gasteiger partial charge in [0.25, 0.3) is 0 Å². The molecular formula is C16H24BrN3. The van der Waals surface area contributed by atoms with Crippen LogP contribution in [0.5, 0.6) is 0 Å². The predicted molar refractivity (Wildman–Crippen MR) is 85.6 cm³/mol. The van der Waals surface area contributed by atoms with Crippen molar-refractivity contribution in [1.82, 2.24) is 15.2 Å². The summed E-state index contributed by atoms with van der Waals surface area (Å²) in [6, 6.07) is 4.23. The summed E-state index contributed by atoms with van der Waals surface area (Å²) in [4.78, 5) is 7.13. The van der Waals surface area contributed by atoms with E-state index in [1.165, 1.54) is 63.9 Å². The van der Waals surface area contributed by atoms with Gasteiger partial charge in [0.2, 0.25) is 0 Å². The van der Waals surface area contributed by atoms with Crippen LogP contribution in [0, 0.1) is 0 Å². The van der Waals surface area contributed by atoms with Crippen LogP contribution in [0.25, 0.3) is 0 Å². The molecule has 3 rings (SSSR count). The number of pyridine rings is 1. The second-order valence-electron chi connectivity index (χ2n) is 6.30. The monoisotopic (exact) mass is 337 g/mol. The van der Waals surface area contributed by atoms with Crippen molar-refractivity contribution in [3.05, 3.63) is 28.5 Å². The molecule has 2 aliphatic rings. The Labute approximate surface area is 130 Å². The van der Waals surface area contributed by atoms with Crippen LogP contribution in [0.4, 0.5) is 0 Å². The fourth-order valence-corrected chi connectivity index (χ4v) is 3.88. The molecule has 1 aromatic rings. The van der Waals surface area contributed by atoms with Crippen LogP contribution in [-0.4, -0.2) is 35.1 Å². The molecule has 20 heavy (non-hydrogen) atoms. The lowest BCUT2D eigenvalue weighted by atomic mass is 9.81. The van der Waals surface area contributed by atoms with Gasteiger partial charge in [-0.15, -0.1) is 0 Å². The molecular weight excluding hydrogens is 314 g/mol. The Morgan fingerprint density at radius 2 is 2.05 bits per heavy atom.